The maximum absolute atomic E-state index is 12.1. The van der Waals surface area contributed by atoms with Crippen LogP contribution in [0, 0.1) is 0 Å². The molecule has 0 aliphatic heterocycles. The van der Waals surface area contributed by atoms with E-state index in [2.05, 4.69) is 5.32 Å². The van der Waals surface area contributed by atoms with E-state index in [0.29, 0.717) is 19.5 Å². The molecule has 0 aromatic heterocycles. The summed E-state index contributed by atoms with van der Waals surface area (Å²) in [6, 6.07) is 9.15. The van der Waals surface area contributed by atoms with Crippen LogP contribution >= 0.6 is 0 Å². The molecule has 5 nitrogen and oxygen atoms in total. The summed E-state index contributed by atoms with van der Waals surface area (Å²) in [5.74, 6) is -1.23. The van der Waals surface area contributed by atoms with Crippen LogP contribution in [0.5, 0.6) is 0 Å². The number of carbonyl (C=O) groups is 2. The third kappa shape index (κ3) is 4.66. The number of benzene rings is 1. The number of rotatable bonds is 6. The van der Waals surface area contributed by atoms with Crippen molar-refractivity contribution in [3.8, 4) is 0 Å². The summed E-state index contributed by atoms with van der Waals surface area (Å²) in [5, 5.41) is 11.6. The fourth-order valence-corrected chi connectivity index (χ4v) is 1.80. The molecular formula is C15H22N2O3. The maximum Gasteiger partial charge on any atom is 0.312 e. The topological polar surface area (TPSA) is 69.6 Å². The van der Waals surface area contributed by atoms with Crippen molar-refractivity contribution in [1.82, 2.24) is 10.2 Å². The van der Waals surface area contributed by atoms with Crippen molar-refractivity contribution in [1.29, 1.82) is 0 Å². The van der Waals surface area contributed by atoms with Crippen LogP contribution in [-0.2, 0) is 16.1 Å². The van der Waals surface area contributed by atoms with Gasteiger partial charge in [0.15, 0.2) is 0 Å². The number of nitrogens with one attached hydrogen (secondary N) is 1. The summed E-state index contributed by atoms with van der Waals surface area (Å²) in [6.45, 7) is 4.36. The van der Waals surface area contributed by atoms with Gasteiger partial charge in [0, 0.05) is 13.1 Å². The van der Waals surface area contributed by atoms with Crippen LogP contribution in [0.25, 0.3) is 0 Å². The lowest BCUT2D eigenvalue weighted by atomic mass is 10.2. The van der Waals surface area contributed by atoms with E-state index in [1.54, 1.807) is 0 Å². The van der Waals surface area contributed by atoms with Gasteiger partial charge in [0.2, 0.25) is 0 Å². The molecule has 0 bridgehead atoms. The first-order chi connectivity index (χ1) is 9.62. The standard InChI is InChI=1S/C15H22N2O3/c1-3-13(11-18)16-14(19)15(20)17(4-2)10-12-8-6-5-7-9-12/h5-9,13,18H,3-4,10-11H2,1-2H3,(H,16,19). The van der Waals surface area contributed by atoms with Gasteiger partial charge in [-0.15, -0.1) is 0 Å². The summed E-state index contributed by atoms with van der Waals surface area (Å²) < 4.78 is 0. The second kappa shape index (κ2) is 8.32. The highest BCUT2D eigenvalue weighted by molar-refractivity contribution is 6.35. The zero-order chi connectivity index (χ0) is 15.0. The average molecular weight is 278 g/mol. The molecule has 20 heavy (non-hydrogen) atoms. The first-order valence-electron chi connectivity index (χ1n) is 6.86. The lowest BCUT2D eigenvalue weighted by Crippen LogP contribution is -2.47. The van der Waals surface area contributed by atoms with E-state index in [1.807, 2.05) is 44.2 Å². The van der Waals surface area contributed by atoms with Crippen LogP contribution in [0.2, 0.25) is 0 Å². The Morgan fingerprint density at radius 3 is 2.40 bits per heavy atom. The molecule has 0 heterocycles. The summed E-state index contributed by atoms with van der Waals surface area (Å²) in [5.41, 5.74) is 0.977. The quantitative estimate of drug-likeness (QED) is 0.760. The summed E-state index contributed by atoms with van der Waals surface area (Å²) in [4.78, 5) is 25.4. The number of nitrogens with zero attached hydrogens (tertiary/aromatic N) is 1. The third-order valence-electron chi connectivity index (χ3n) is 3.13. The zero-order valence-corrected chi connectivity index (χ0v) is 12.0. The number of hydrogen-bond acceptors (Lipinski definition) is 3. The molecule has 0 radical (unpaired) electrons. The minimum absolute atomic E-state index is 0.166. The lowest BCUT2D eigenvalue weighted by Gasteiger charge is -2.22. The van der Waals surface area contributed by atoms with Crippen molar-refractivity contribution < 1.29 is 14.7 Å². The van der Waals surface area contributed by atoms with Gasteiger partial charge < -0.3 is 15.3 Å². The van der Waals surface area contributed by atoms with E-state index in [-0.39, 0.29) is 12.6 Å². The summed E-state index contributed by atoms with van der Waals surface area (Å²) >= 11 is 0. The Hall–Kier alpha value is -1.88. The first kappa shape index (κ1) is 16.2. The van der Waals surface area contributed by atoms with Crippen LogP contribution in [0.15, 0.2) is 30.3 Å². The minimum atomic E-state index is -0.663. The Morgan fingerprint density at radius 2 is 1.90 bits per heavy atom. The molecular weight excluding hydrogens is 256 g/mol. The van der Waals surface area contributed by atoms with E-state index in [1.165, 1.54) is 4.90 Å². The number of carbonyl (C=O) groups excluding carboxylic acids is 2. The Balaban J connectivity index is 2.64. The zero-order valence-electron chi connectivity index (χ0n) is 12.0. The predicted molar refractivity (Wildman–Crippen MR) is 76.8 cm³/mol. The normalized spacial score (nSPS) is 11.8. The van der Waals surface area contributed by atoms with Crippen LogP contribution < -0.4 is 5.32 Å². The van der Waals surface area contributed by atoms with Gasteiger partial charge in [-0.05, 0) is 18.9 Å². The Labute approximate surface area is 119 Å². The first-order valence-corrected chi connectivity index (χ1v) is 6.86. The molecule has 0 aliphatic rings. The highest BCUT2D eigenvalue weighted by Crippen LogP contribution is 2.05. The van der Waals surface area contributed by atoms with Crippen LogP contribution in [0.3, 0.4) is 0 Å². The fraction of sp³-hybridized carbons (Fsp3) is 0.467. The second-order valence-corrected chi connectivity index (χ2v) is 4.57. The molecule has 2 amide bonds. The lowest BCUT2D eigenvalue weighted by molar-refractivity contribution is -0.146. The largest absolute Gasteiger partial charge is 0.394 e. The number of likely N-dealkylation sites (N-methyl/N-ethyl adjacent to an activating group) is 1. The van der Waals surface area contributed by atoms with Crippen LogP contribution in [0.4, 0.5) is 0 Å². The number of aliphatic hydroxyl groups is 1. The van der Waals surface area contributed by atoms with E-state index in [4.69, 9.17) is 5.11 Å². The predicted octanol–water partition coefficient (Wildman–Crippen LogP) is 0.922. The molecule has 1 rings (SSSR count). The third-order valence-corrected chi connectivity index (χ3v) is 3.13. The van der Waals surface area contributed by atoms with E-state index < -0.39 is 11.8 Å². The van der Waals surface area contributed by atoms with Crippen LogP contribution in [0.1, 0.15) is 25.8 Å². The van der Waals surface area contributed by atoms with Crippen LogP contribution in [-0.4, -0.2) is 41.0 Å². The highest BCUT2D eigenvalue weighted by atomic mass is 16.3. The van der Waals surface area contributed by atoms with E-state index in [9.17, 15) is 9.59 Å². The number of aliphatic hydroxyl groups excluding tert-OH is 1. The second-order valence-electron chi connectivity index (χ2n) is 4.57. The Bertz CT molecular complexity index is 430. The van der Waals surface area contributed by atoms with Gasteiger partial charge in [0.05, 0.1) is 12.6 Å². The van der Waals surface area contributed by atoms with Gasteiger partial charge in [-0.3, -0.25) is 9.59 Å². The van der Waals surface area contributed by atoms with E-state index in [0.717, 1.165) is 5.56 Å². The van der Waals surface area contributed by atoms with Gasteiger partial charge in [-0.1, -0.05) is 37.3 Å². The molecule has 0 saturated carbocycles. The van der Waals surface area contributed by atoms with Gasteiger partial charge in [-0.25, -0.2) is 0 Å². The molecule has 2 N–H and O–H groups in total. The van der Waals surface area contributed by atoms with Crippen molar-refractivity contribution in [2.45, 2.75) is 32.9 Å². The van der Waals surface area contributed by atoms with Crippen molar-refractivity contribution in [3.05, 3.63) is 35.9 Å². The molecule has 0 fully saturated rings. The van der Waals surface area contributed by atoms with Crippen molar-refractivity contribution >= 4 is 11.8 Å². The number of hydrogen-bond donors (Lipinski definition) is 2. The van der Waals surface area contributed by atoms with Crippen molar-refractivity contribution in [3.63, 3.8) is 0 Å². The molecule has 110 valence electrons. The number of amides is 2. The van der Waals surface area contributed by atoms with Gasteiger partial charge in [0.1, 0.15) is 0 Å². The monoisotopic (exact) mass is 278 g/mol. The Kier molecular flexibility index (Phi) is 6.73. The fourth-order valence-electron chi connectivity index (χ4n) is 1.80. The molecule has 5 heteroatoms. The smallest absolute Gasteiger partial charge is 0.312 e. The molecule has 1 aromatic carbocycles. The summed E-state index contributed by atoms with van der Waals surface area (Å²) in [7, 11) is 0. The molecule has 0 spiro atoms. The van der Waals surface area contributed by atoms with Gasteiger partial charge in [-0.2, -0.15) is 0 Å². The molecule has 1 unspecified atom stereocenters. The molecule has 0 aliphatic carbocycles. The van der Waals surface area contributed by atoms with E-state index >= 15 is 0 Å². The highest BCUT2D eigenvalue weighted by Gasteiger charge is 2.22. The SMILES string of the molecule is CCC(CO)NC(=O)C(=O)N(CC)Cc1ccccc1. The van der Waals surface area contributed by atoms with Gasteiger partial charge in [0.25, 0.3) is 0 Å². The molecule has 1 aromatic rings. The van der Waals surface area contributed by atoms with Crippen molar-refractivity contribution in [2.24, 2.45) is 0 Å². The van der Waals surface area contributed by atoms with Crippen molar-refractivity contribution in [2.75, 3.05) is 13.2 Å². The average Bonchev–Trinajstić information content (AvgIpc) is 2.50. The summed E-state index contributed by atoms with van der Waals surface area (Å²) in [6.07, 6.45) is 0.584. The molecule has 0 saturated heterocycles. The molecule has 1 atom stereocenters. The minimum Gasteiger partial charge on any atom is -0.394 e. The van der Waals surface area contributed by atoms with Gasteiger partial charge >= 0.3 is 11.8 Å². The Morgan fingerprint density at radius 1 is 1.25 bits per heavy atom. The maximum atomic E-state index is 12.1.